The summed E-state index contributed by atoms with van der Waals surface area (Å²) in [5, 5.41) is 0. The summed E-state index contributed by atoms with van der Waals surface area (Å²) >= 11 is 1.34. The number of carbonyl (C=O) groups excluding carboxylic acids is 2. The molecule has 11 nitrogen and oxygen atoms in total. The Morgan fingerprint density at radius 1 is 1.15 bits per heavy atom. The van der Waals surface area contributed by atoms with Gasteiger partial charge in [0.2, 0.25) is 5.91 Å². The molecule has 0 bridgehead atoms. The maximum atomic E-state index is 14.0. The zero-order valence-corrected chi connectivity index (χ0v) is 24.7. The van der Waals surface area contributed by atoms with Gasteiger partial charge in [0.25, 0.3) is 0 Å². The van der Waals surface area contributed by atoms with Crippen molar-refractivity contribution in [3.8, 4) is 21.8 Å². The van der Waals surface area contributed by atoms with E-state index in [4.69, 9.17) is 14.0 Å². The second-order valence-corrected chi connectivity index (χ2v) is 14.0. The molecule has 0 saturated carbocycles. The molecule has 3 aromatic rings. The van der Waals surface area contributed by atoms with Gasteiger partial charge in [0.1, 0.15) is 4.75 Å². The van der Waals surface area contributed by atoms with Crippen LogP contribution in [0.1, 0.15) is 37.0 Å². The highest BCUT2D eigenvalue weighted by Crippen LogP contribution is 2.45. The van der Waals surface area contributed by atoms with E-state index in [0.29, 0.717) is 23.7 Å². The van der Waals surface area contributed by atoms with Gasteiger partial charge in [-0.3, -0.25) is 4.79 Å². The number of amides is 3. The second kappa shape index (κ2) is 12.3. The lowest BCUT2D eigenvalue weighted by Crippen LogP contribution is -2.43. The van der Waals surface area contributed by atoms with E-state index in [1.165, 1.54) is 27.5 Å². The molecule has 0 radical (unpaired) electrons. The van der Waals surface area contributed by atoms with Gasteiger partial charge in [0.05, 0.1) is 18.4 Å². The molecule has 2 aliphatic heterocycles. The number of carbonyl (C=O) groups is 2. The standard InChI is InChI=1S/C28H34N4O7S2/c1-31(2)27(34)32-13-12-28(41(35,36)16-14-32,17-25(33)30-39-26-5-3-4-15-37-26)24-11-10-23(40-24)21-8-6-20(7-9-21)22-18-29-19-38-22/h6-11,18-19,26H,3-5,12-17H2,1-2H3,(H,30,33). The second-order valence-electron chi connectivity index (χ2n) is 10.5. The molecule has 41 heavy (non-hydrogen) atoms. The summed E-state index contributed by atoms with van der Waals surface area (Å²) in [5.74, 6) is -0.164. The summed E-state index contributed by atoms with van der Waals surface area (Å²) in [6.07, 6.45) is 4.69. The molecule has 2 unspecified atom stereocenters. The minimum Gasteiger partial charge on any atom is -0.444 e. The highest BCUT2D eigenvalue weighted by molar-refractivity contribution is 7.92. The van der Waals surface area contributed by atoms with Gasteiger partial charge in [0.15, 0.2) is 28.3 Å². The van der Waals surface area contributed by atoms with Crippen LogP contribution < -0.4 is 5.48 Å². The van der Waals surface area contributed by atoms with Crippen molar-refractivity contribution in [2.24, 2.45) is 0 Å². The number of hydrogen-bond donors (Lipinski definition) is 1. The zero-order chi connectivity index (χ0) is 29.0. The molecule has 4 heterocycles. The third-order valence-electron chi connectivity index (χ3n) is 7.49. The summed E-state index contributed by atoms with van der Waals surface area (Å²) < 4.78 is 37.4. The normalized spacial score (nSPS) is 22.6. The highest BCUT2D eigenvalue weighted by atomic mass is 32.2. The molecule has 2 fully saturated rings. The van der Waals surface area contributed by atoms with E-state index in [1.54, 1.807) is 26.4 Å². The van der Waals surface area contributed by atoms with Gasteiger partial charge in [-0.25, -0.2) is 28.5 Å². The molecule has 220 valence electrons. The molecule has 3 amide bonds. The van der Waals surface area contributed by atoms with Crippen molar-refractivity contribution in [3.05, 3.63) is 53.9 Å². The number of urea groups is 1. The van der Waals surface area contributed by atoms with Gasteiger partial charge in [-0.1, -0.05) is 24.3 Å². The average Bonchev–Trinajstić information content (AvgIpc) is 3.67. The summed E-state index contributed by atoms with van der Waals surface area (Å²) in [7, 11) is -0.617. The van der Waals surface area contributed by atoms with Crippen molar-refractivity contribution in [1.29, 1.82) is 0 Å². The van der Waals surface area contributed by atoms with Gasteiger partial charge < -0.3 is 19.0 Å². The topological polar surface area (TPSA) is 131 Å². The lowest BCUT2D eigenvalue weighted by atomic mass is 9.97. The monoisotopic (exact) mass is 602 g/mol. The zero-order valence-electron chi connectivity index (χ0n) is 23.1. The molecular weight excluding hydrogens is 568 g/mol. The van der Waals surface area contributed by atoms with Crippen molar-refractivity contribution in [3.63, 3.8) is 0 Å². The van der Waals surface area contributed by atoms with Crippen molar-refractivity contribution < 1.29 is 32.0 Å². The molecule has 5 rings (SSSR count). The number of benzene rings is 1. The van der Waals surface area contributed by atoms with Gasteiger partial charge in [-0.15, -0.1) is 11.3 Å². The molecular formula is C28H34N4O7S2. The Kier molecular flexibility index (Phi) is 8.78. The summed E-state index contributed by atoms with van der Waals surface area (Å²) in [4.78, 5) is 39.8. The molecule has 2 saturated heterocycles. The van der Waals surface area contributed by atoms with Crippen LogP contribution in [-0.2, 0) is 29.0 Å². The predicted molar refractivity (Wildman–Crippen MR) is 153 cm³/mol. The molecule has 1 aromatic carbocycles. The number of nitrogens with zero attached hydrogens (tertiary/aromatic N) is 3. The van der Waals surface area contributed by atoms with Crippen molar-refractivity contribution in [2.75, 3.05) is 39.5 Å². The Morgan fingerprint density at radius 2 is 1.93 bits per heavy atom. The number of aromatic nitrogens is 1. The molecule has 2 aliphatic rings. The lowest BCUT2D eigenvalue weighted by molar-refractivity contribution is -0.200. The minimum absolute atomic E-state index is 0.0520. The first kappa shape index (κ1) is 29.2. The molecule has 0 spiro atoms. The number of thiophene rings is 1. The Labute approximate surface area is 243 Å². The van der Waals surface area contributed by atoms with E-state index in [1.807, 2.05) is 30.3 Å². The average molecular weight is 603 g/mol. The first-order chi connectivity index (χ1) is 19.7. The Hall–Kier alpha value is -3.26. The van der Waals surface area contributed by atoms with Gasteiger partial charge in [-0.2, -0.15) is 0 Å². The fourth-order valence-electron chi connectivity index (χ4n) is 5.17. The van der Waals surface area contributed by atoms with Gasteiger partial charge in [0, 0.05) is 55.5 Å². The quantitative estimate of drug-likeness (QED) is 0.401. The maximum absolute atomic E-state index is 14.0. The number of hydroxylamine groups is 1. The van der Waals surface area contributed by atoms with E-state index in [0.717, 1.165) is 28.8 Å². The van der Waals surface area contributed by atoms with Crippen molar-refractivity contribution in [2.45, 2.75) is 43.1 Å². The number of oxazole rings is 1. The van der Waals surface area contributed by atoms with E-state index >= 15 is 0 Å². The Bertz CT molecular complexity index is 1450. The third-order valence-corrected chi connectivity index (χ3v) is 11.4. The number of nitrogens with one attached hydrogen (secondary N) is 1. The first-order valence-electron chi connectivity index (χ1n) is 13.5. The number of ether oxygens (including phenoxy) is 1. The smallest absolute Gasteiger partial charge is 0.319 e. The molecule has 2 atom stereocenters. The van der Waals surface area contributed by atoms with Crippen molar-refractivity contribution >= 4 is 33.1 Å². The molecule has 0 aliphatic carbocycles. The maximum Gasteiger partial charge on any atom is 0.319 e. The number of hydrogen-bond acceptors (Lipinski definition) is 9. The van der Waals surface area contributed by atoms with Crippen molar-refractivity contribution in [1.82, 2.24) is 20.3 Å². The van der Waals surface area contributed by atoms with Crippen LogP contribution in [0.3, 0.4) is 0 Å². The number of sulfone groups is 1. The summed E-state index contributed by atoms with van der Waals surface area (Å²) in [5.41, 5.74) is 4.21. The lowest BCUT2D eigenvalue weighted by Gasteiger charge is -2.31. The SMILES string of the molecule is CN(C)C(=O)N1CCC(CC(=O)NOC2CCCCO2)(c2ccc(-c3ccc(-c4cnco4)cc3)s2)S(=O)(=O)CC1. The predicted octanol–water partition coefficient (Wildman–Crippen LogP) is 4.03. The van der Waals surface area contributed by atoms with Crippen LogP contribution in [0.2, 0.25) is 0 Å². The Balaban J connectivity index is 1.44. The van der Waals surface area contributed by atoms with E-state index < -0.39 is 26.8 Å². The number of rotatable bonds is 7. The van der Waals surface area contributed by atoms with Crippen LogP contribution in [0, 0.1) is 0 Å². The van der Waals surface area contributed by atoms with Gasteiger partial charge in [-0.05, 0) is 37.0 Å². The van der Waals surface area contributed by atoms with Gasteiger partial charge >= 0.3 is 6.03 Å². The fraction of sp³-hybridized carbons (Fsp3) is 0.464. The largest absolute Gasteiger partial charge is 0.444 e. The first-order valence-corrected chi connectivity index (χ1v) is 16.0. The van der Waals surface area contributed by atoms with Crippen LogP contribution >= 0.6 is 11.3 Å². The fourth-order valence-corrected chi connectivity index (χ4v) is 8.78. The molecule has 1 N–H and O–H groups in total. The van der Waals surface area contributed by atoms with Crippen LogP contribution in [-0.4, -0.2) is 81.0 Å². The van der Waals surface area contributed by atoms with Crippen LogP contribution in [0.4, 0.5) is 4.79 Å². The third kappa shape index (κ3) is 6.32. The summed E-state index contributed by atoms with van der Waals surface area (Å²) in [6, 6.07) is 11.1. The van der Waals surface area contributed by atoms with E-state index in [-0.39, 0.29) is 37.7 Å². The van der Waals surface area contributed by atoms with Crippen LogP contribution in [0.5, 0.6) is 0 Å². The highest BCUT2D eigenvalue weighted by Gasteiger charge is 2.50. The Morgan fingerprint density at radius 3 is 2.61 bits per heavy atom. The molecule has 2 aromatic heterocycles. The molecule has 13 heteroatoms. The van der Waals surface area contributed by atoms with E-state index in [2.05, 4.69) is 10.5 Å². The van der Waals surface area contributed by atoms with Crippen LogP contribution in [0.25, 0.3) is 21.8 Å². The minimum atomic E-state index is -3.88. The van der Waals surface area contributed by atoms with Crippen LogP contribution in [0.15, 0.2) is 53.4 Å². The summed E-state index contributed by atoms with van der Waals surface area (Å²) in [6.45, 7) is 0.789. The van der Waals surface area contributed by atoms with E-state index in [9.17, 15) is 18.0 Å².